The van der Waals surface area contributed by atoms with Crippen LogP contribution < -0.4 is 10.5 Å². The number of nitrogens with zero attached hydrogens (tertiary/aromatic N) is 1. The third-order valence-corrected chi connectivity index (χ3v) is 6.09. The molecule has 0 bridgehead atoms. The predicted octanol–water partition coefficient (Wildman–Crippen LogP) is 3.97. The molecule has 2 rings (SSSR count). The van der Waals surface area contributed by atoms with Gasteiger partial charge in [-0.25, -0.2) is 18.6 Å². The largest absolute Gasteiger partial charge is 0.464 e. The monoisotopic (exact) mass is 412 g/mol. The van der Waals surface area contributed by atoms with Crippen molar-refractivity contribution in [2.45, 2.75) is 26.6 Å². The summed E-state index contributed by atoms with van der Waals surface area (Å²) in [5, 5.41) is 2.68. The molecule has 5 nitrogen and oxygen atoms in total. The first-order chi connectivity index (χ1) is 12.5. The summed E-state index contributed by atoms with van der Waals surface area (Å²) in [5.74, 6) is -2.72. The molecular weight excluding hydrogens is 394 g/mol. The van der Waals surface area contributed by atoms with Gasteiger partial charge < -0.3 is 10.1 Å². The predicted molar refractivity (Wildman–Crippen MR) is 103 cm³/mol. The molecule has 144 valence electrons. The van der Waals surface area contributed by atoms with E-state index in [-0.39, 0.29) is 32.7 Å². The number of hydrogen-bond donors (Lipinski definition) is 1. The molecular formula is C18H19ClF2N2O3Si. The van der Waals surface area contributed by atoms with Gasteiger partial charge in [-0.05, 0) is 17.3 Å². The Morgan fingerprint density at radius 3 is 2.37 bits per heavy atom. The second-order valence-corrected chi connectivity index (χ2v) is 12.4. The number of pyridine rings is 1. The van der Waals surface area contributed by atoms with Crippen LogP contribution in [0.3, 0.4) is 0 Å². The van der Waals surface area contributed by atoms with E-state index in [1.807, 2.05) is 19.6 Å². The number of carbonyl (C=O) groups excluding carboxylic acids is 2. The van der Waals surface area contributed by atoms with Gasteiger partial charge in [0, 0.05) is 24.2 Å². The van der Waals surface area contributed by atoms with E-state index in [9.17, 15) is 14.0 Å². The number of methoxy groups -OCH3 is 1. The summed E-state index contributed by atoms with van der Waals surface area (Å²) in [4.78, 5) is 27.7. The maximum absolute atomic E-state index is 15.4. The van der Waals surface area contributed by atoms with Crippen LogP contribution in [0, 0.1) is 11.6 Å². The Labute approximate surface area is 161 Å². The standard InChI is InChI=1S/C18H19ClF2N2O3Si/c1-9(24)23-16-12(19)8-22-17(18(25)26-2)14(16)11-6-10(20)7-13(15(11)21)27(3,4)5/h6-8H,1-5H3,(H,22,23,24). The van der Waals surface area contributed by atoms with Crippen molar-refractivity contribution in [1.29, 1.82) is 0 Å². The van der Waals surface area contributed by atoms with Gasteiger partial charge in [-0.3, -0.25) is 4.79 Å². The molecule has 0 radical (unpaired) electrons. The Kier molecular flexibility index (Phi) is 6.01. The summed E-state index contributed by atoms with van der Waals surface area (Å²) in [6.45, 7) is 6.82. The van der Waals surface area contributed by atoms with Crippen molar-refractivity contribution >= 4 is 42.4 Å². The molecule has 0 saturated heterocycles. The number of rotatable bonds is 4. The highest BCUT2D eigenvalue weighted by atomic mass is 35.5. The molecule has 0 unspecified atom stereocenters. The number of hydrogen-bond acceptors (Lipinski definition) is 4. The third kappa shape index (κ3) is 4.33. The molecule has 1 aromatic carbocycles. The molecule has 1 N–H and O–H groups in total. The summed E-state index contributed by atoms with van der Waals surface area (Å²) in [6, 6.07) is 2.10. The van der Waals surface area contributed by atoms with Gasteiger partial charge in [0.1, 0.15) is 11.6 Å². The molecule has 2 aromatic rings. The smallest absolute Gasteiger partial charge is 0.357 e. The lowest BCUT2D eigenvalue weighted by Crippen LogP contribution is -2.40. The van der Waals surface area contributed by atoms with Crippen LogP contribution in [-0.4, -0.2) is 32.0 Å². The lowest BCUT2D eigenvalue weighted by Gasteiger charge is -2.21. The number of halogens is 3. The maximum Gasteiger partial charge on any atom is 0.357 e. The molecule has 9 heteroatoms. The van der Waals surface area contributed by atoms with Gasteiger partial charge in [0.25, 0.3) is 0 Å². The minimum Gasteiger partial charge on any atom is -0.464 e. The minimum atomic E-state index is -2.26. The highest BCUT2D eigenvalue weighted by Crippen LogP contribution is 2.38. The Hall–Kier alpha value is -2.32. The quantitative estimate of drug-likeness (QED) is 0.609. The summed E-state index contributed by atoms with van der Waals surface area (Å²) in [6.07, 6.45) is 1.14. The van der Waals surface area contributed by atoms with Crippen molar-refractivity contribution in [3.63, 3.8) is 0 Å². The van der Waals surface area contributed by atoms with E-state index in [0.717, 1.165) is 25.4 Å². The maximum atomic E-state index is 15.4. The molecule has 1 amide bonds. The van der Waals surface area contributed by atoms with Gasteiger partial charge in [0.15, 0.2) is 5.69 Å². The van der Waals surface area contributed by atoms with Crippen LogP contribution in [0.4, 0.5) is 14.5 Å². The second kappa shape index (κ2) is 7.73. The molecule has 0 atom stereocenters. The Balaban J connectivity index is 2.96. The number of anilines is 1. The van der Waals surface area contributed by atoms with Crippen LogP contribution in [0.1, 0.15) is 17.4 Å². The zero-order valence-corrected chi connectivity index (χ0v) is 17.3. The highest BCUT2D eigenvalue weighted by Gasteiger charge is 2.29. The average molecular weight is 413 g/mol. The van der Waals surface area contributed by atoms with Crippen molar-refractivity contribution in [1.82, 2.24) is 4.98 Å². The van der Waals surface area contributed by atoms with Gasteiger partial charge in [-0.1, -0.05) is 31.2 Å². The molecule has 0 fully saturated rings. The van der Waals surface area contributed by atoms with Crippen molar-refractivity contribution in [2.24, 2.45) is 0 Å². The zero-order valence-electron chi connectivity index (χ0n) is 15.5. The Morgan fingerprint density at radius 2 is 1.85 bits per heavy atom. The van der Waals surface area contributed by atoms with Crippen molar-refractivity contribution < 1.29 is 23.1 Å². The van der Waals surface area contributed by atoms with Crippen LogP contribution in [0.5, 0.6) is 0 Å². The molecule has 27 heavy (non-hydrogen) atoms. The molecule has 1 aromatic heterocycles. The molecule has 1 heterocycles. The van der Waals surface area contributed by atoms with Crippen molar-refractivity contribution in [3.05, 3.63) is 40.7 Å². The summed E-state index contributed by atoms with van der Waals surface area (Å²) < 4.78 is 34.4. The zero-order chi connectivity index (χ0) is 20.5. The normalized spacial score (nSPS) is 11.3. The molecule has 0 saturated carbocycles. The van der Waals surface area contributed by atoms with Gasteiger partial charge in [0.2, 0.25) is 5.91 Å². The molecule has 0 spiro atoms. The first-order valence-electron chi connectivity index (χ1n) is 8.01. The highest BCUT2D eigenvalue weighted by molar-refractivity contribution is 6.88. The fourth-order valence-electron chi connectivity index (χ4n) is 2.62. The summed E-state index contributed by atoms with van der Waals surface area (Å²) in [7, 11) is -1.13. The number of aromatic nitrogens is 1. The fourth-order valence-corrected chi connectivity index (χ4v) is 4.17. The Bertz CT molecular complexity index is 930. The first kappa shape index (κ1) is 21.0. The number of ether oxygens (including phenoxy) is 1. The molecule has 0 aliphatic carbocycles. The topological polar surface area (TPSA) is 68.3 Å². The van der Waals surface area contributed by atoms with Crippen molar-refractivity contribution in [3.8, 4) is 11.1 Å². The summed E-state index contributed by atoms with van der Waals surface area (Å²) in [5.41, 5.74) is -0.658. The fraction of sp³-hybridized carbons (Fsp3) is 0.278. The van der Waals surface area contributed by atoms with Crippen LogP contribution in [0.15, 0.2) is 18.3 Å². The van der Waals surface area contributed by atoms with Gasteiger partial charge in [-0.15, -0.1) is 0 Å². The van der Waals surface area contributed by atoms with Gasteiger partial charge in [-0.2, -0.15) is 0 Å². The number of esters is 1. The average Bonchev–Trinajstić information content (AvgIpc) is 2.56. The van der Waals surface area contributed by atoms with E-state index in [2.05, 4.69) is 10.3 Å². The number of carbonyl (C=O) groups is 2. The Morgan fingerprint density at radius 1 is 1.22 bits per heavy atom. The first-order valence-corrected chi connectivity index (χ1v) is 11.9. The number of amides is 1. The van der Waals surface area contributed by atoms with E-state index in [1.165, 1.54) is 6.92 Å². The number of nitrogens with one attached hydrogen (secondary N) is 1. The van der Waals surface area contributed by atoms with E-state index < -0.39 is 31.6 Å². The third-order valence-electron chi connectivity index (χ3n) is 3.83. The molecule has 0 aliphatic rings. The van der Waals surface area contributed by atoms with Gasteiger partial charge in [0.05, 0.1) is 25.9 Å². The minimum absolute atomic E-state index is 0.0222. The van der Waals surface area contributed by atoms with E-state index in [1.54, 1.807) is 0 Å². The van der Waals surface area contributed by atoms with Crippen molar-refractivity contribution in [2.75, 3.05) is 12.4 Å². The van der Waals surface area contributed by atoms with E-state index in [4.69, 9.17) is 16.3 Å². The lowest BCUT2D eigenvalue weighted by atomic mass is 10.0. The van der Waals surface area contributed by atoms with Crippen LogP contribution in [0.25, 0.3) is 11.1 Å². The SMILES string of the molecule is COC(=O)c1ncc(Cl)c(NC(C)=O)c1-c1cc(F)cc([Si](C)(C)C)c1F. The van der Waals surface area contributed by atoms with Crippen LogP contribution in [-0.2, 0) is 9.53 Å². The van der Waals surface area contributed by atoms with E-state index >= 15 is 4.39 Å². The van der Waals surface area contributed by atoms with Crippen LogP contribution in [0.2, 0.25) is 24.7 Å². The van der Waals surface area contributed by atoms with Crippen LogP contribution >= 0.6 is 11.6 Å². The second-order valence-electron chi connectivity index (χ2n) is 6.94. The lowest BCUT2D eigenvalue weighted by molar-refractivity contribution is -0.114. The number of benzene rings is 1. The van der Waals surface area contributed by atoms with E-state index in [0.29, 0.717) is 0 Å². The summed E-state index contributed by atoms with van der Waals surface area (Å²) >= 11 is 6.13. The molecule has 0 aliphatic heterocycles. The van der Waals surface area contributed by atoms with Gasteiger partial charge >= 0.3 is 5.97 Å².